The number of halogens is 1. The highest BCUT2D eigenvalue weighted by Crippen LogP contribution is 2.39. The van der Waals surface area contributed by atoms with E-state index in [0.717, 1.165) is 23.9 Å². The molecule has 0 spiro atoms. The van der Waals surface area contributed by atoms with Crippen LogP contribution in [0.5, 0.6) is 11.5 Å². The number of ether oxygens (including phenoxy) is 2. The van der Waals surface area contributed by atoms with Crippen molar-refractivity contribution in [1.82, 2.24) is 10.2 Å². The number of hydrogen-bond donors (Lipinski definition) is 1. The van der Waals surface area contributed by atoms with Crippen LogP contribution < -0.4 is 14.8 Å². The summed E-state index contributed by atoms with van der Waals surface area (Å²) in [7, 11) is 0. The van der Waals surface area contributed by atoms with Gasteiger partial charge in [-0.3, -0.25) is 4.90 Å². The molecule has 0 aliphatic carbocycles. The van der Waals surface area contributed by atoms with Gasteiger partial charge in [0, 0.05) is 25.2 Å². The summed E-state index contributed by atoms with van der Waals surface area (Å²) in [5.41, 5.74) is 1.16. The highest BCUT2D eigenvalue weighted by Gasteiger charge is 2.36. The summed E-state index contributed by atoms with van der Waals surface area (Å²) in [6.07, 6.45) is 3.93. The fourth-order valence-corrected chi connectivity index (χ4v) is 3.98. The molecule has 3 aliphatic rings. The molecule has 0 bridgehead atoms. The second-order valence-corrected chi connectivity index (χ2v) is 6.24. The molecule has 1 aromatic rings. The third-order valence-corrected chi connectivity index (χ3v) is 4.94. The fourth-order valence-electron chi connectivity index (χ4n) is 3.69. The van der Waals surface area contributed by atoms with Gasteiger partial charge in [0.1, 0.15) is 0 Å². The van der Waals surface area contributed by atoms with Crippen LogP contribution in [0.15, 0.2) is 12.1 Å². The van der Waals surface area contributed by atoms with E-state index in [1.54, 1.807) is 0 Å². The standard InChI is InChI=1S/C15H19ClN2O2/c16-11-6-10(7-14-15(11)20-9-19-14)8-17-12-3-5-18-4-1-2-13(12)18/h6-7,12-13,17H,1-5,8-9H2. The lowest BCUT2D eigenvalue weighted by molar-refractivity contribution is 0.174. The van der Waals surface area contributed by atoms with E-state index in [-0.39, 0.29) is 6.79 Å². The topological polar surface area (TPSA) is 33.7 Å². The Balaban J connectivity index is 1.43. The molecule has 5 heteroatoms. The van der Waals surface area contributed by atoms with Crippen molar-refractivity contribution in [3.05, 3.63) is 22.7 Å². The minimum absolute atomic E-state index is 0.269. The molecule has 4 nitrogen and oxygen atoms in total. The maximum atomic E-state index is 6.22. The van der Waals surface area contributed by atoms with Crippen LogP contribution in [0.3, 0.4) is 0 Å². The number of nitrogens with one attached hydrogen (secondary N) is 1. The van der Waals surface area contributed by atoms with Crippen molar-refractivity contribution in [2.45, 2.75) is 37.9 Å². The largest absolute Gasteiger partial charge is 0.454 e. The van der Waals surface area contributed by atoms with E-state index < -0.39 is 0 Å². The second kappa shape index (κ2) is 5.10. The molecular formula is C15H19ClN2O2. The van der Waals surface area contributed by atoms with Crippen LogP contribution in [-0.2, 0) is 6.54 Å². The van der Waals surface area contributed by atoms with Crippen molar-refractivity contribution in [3.63, 3.8) is 0 Å². The number of nitrogens with zero attached hydrogens (tertiary/aromatic N) is 1. The van der Waals surface area contributed by atoms with Crippen LogP contribution in [0.1, 0.15) is 24.8 Å². The summed E-state index contributed by atoms with van der Waals surface area (Å²) >= 11 is 6.22. The Hall–Kier alpha value is -0.970. The van der Waals surface area contributed by atoms with E-state index >= 15 is 0 Å². The van der Waals surface area contributed by atoms with Crippen molar-refractivity contribution in [2.75, 3.05) is 19.9 Å². The van der Waals surface area contributed by atoms with E-state index in [9.17, 15) is 0 Å². The van der Waals surface area contributed by atoms with Crippen LogP contribution in [0.2, 0.25) is 5.02 Å². The van der Waals surface area contributed by atoms with Gasteiger partial charge < -0.3 is 14.8 Å². The highest BCUT2D eigenvalue weighted by molar-refractivity contribution is 6.32. The Morgan fingerprint density at radius 3 is 3.15 bits per heavy atom. The van der Waals surface area contributed by atoms with Crippen LogP contribution in [0, 0.1) is 0 Å². The summed E-state index contributed by atoms with van der Waals surface area (Å²) in [5, 5.41) is 4.34. The highest BCUT2D eigenvalue weighted by atomic mass is 35.5. The lowest BCUT2D eigenvalue weighted by Crippen LogP contribution is -2.38. The lowest BCUT2D eigenvalue weighted by Gasteiger charge is -2.21. The Kier molecular flexibility index (Phi) is 3.25. The van der Waals surface area contributed by atoms with Gasteiger partial charge >= 0.3 is 0 Å². The van der Waals surface area contributed by atoms with Crippen molar-refractivity contribution >= 4 is 11.6 Å². The Bertz CT molecular complexity index is 523. The maximum absolute atomic E-state index is 6.22. The average molecular weight is 295 g/mol. The molecule has 1 aromatic carbocycles. The molecule has 2 fully saturated rings. The zero-order chi connectivity index (χ0) is 13.5. The molecule has 0 aromatic heterocycles. The molecular weight excluding hydrogens is 276 g/mol. The third kappa shape index (κ3) is 2.16. The summed E-state index contributed by atoms with van der Waals surface area (Å²) in [5.74, 6) is 1.45. The number of hydrogen-bond acceptors (Lipinski definition) is 4. The first-order valence-corrected chi connectivity index (χ1v) is 7.74. The summed E-state index contributed by atoms with van der Waals surface area (Å²) in [4.78, 5) is 2.62. The lowest BCUT2D eigenvalue weighted by atomic mass is 10.1. The molecule has 1 N–H and O–H groups in total. The van der Waals surface area contributed by atoms with Crippen molar-refractivity contribution in [3.8, 4) is 11.5 Å². The van der Waals surface area contributed by atoms with E-state index in [0.29, 0.717) is 16.8 Å². The first-order valence-electron chi connectivity index (χ1n) is 7.37. The van der Waals surface area contributed by atoms with Gasteiger partial charge in [-0.15, -0.1) is 0 Å². The number of benzene rings is 1. The van der Waals surface area contributed by atoms with Crippen molar-refractivity contribution in [1.29, 1.82) is 0 Å². The van der Waals surface area contributed by atoms with Gasteiger partial charge in [-0.2, -0.15) is 0 Å². The summed E-state index contributed by atoms with van der Waals surface area (Å²) < 4.78 is 10.8. The van der Waals surface area contributed by atoms with Gasteiger partial charge in [0.15, 0.2) is 11.5 Å². The maximum Gasteiger partial charge on any atom is 0.231 e. The molecule has 20 heavy (non-hydrogen) atoms. The van der Waals surface area contributed by atoms with Gasteiger partial charge in [0.2, 0.25) is 6.79 Å². The Morgan fingerprint density at radius 1 is 1.25 bits per heavy atom. The molecule has 2 unspecified atom stereocenters. The minimum Gasteiger partial charge on any atom is -0.454 e. The molecule has 3 heterocycles. The zero-order valence-corrected chi connectivity index (χ0v) is 12.2. The summed E-state index contributed by atoms with van der Waals surface area (Å²) in [6, 6.07) is 5.35. The normalized spacial score (nSPS) is 28.1. The van der Waals surface area contributed by atoms with Gasteiger partial charge in [-0.1, -0.05) is 11.6 Å². The SMILES string of the molecule is Clc1cc(CNC2CCN3CCCC23)cc2c1OCO2. The van der Waals surface area contributed by atoms with Crippen LogP contribution in [0.4, 0.5) is 0 Å². The van der Waals surface area contributed by atoms with Gasteiger partial charge in [-0.05, 0) is 43.5 Å². The molecule has 0 saturated carbocycles. The molecule has 2 atom stereocenters. The Labute approximate surface area is 124 Å². The second-order valence-electron chi connectivity index (χ2n) is 5.83. The first-order chi connectivity index (χ1) is 9.81. The zero-order valence-electron chi connectivity index (χ0n) is 11.4. The Morgan fingerprint density at radius 2 is 2.20 bits per heavy atom. The van der Waals surface area contributed by atoms with Gasteiger partial charge in [0.05, 0.1) is 5.02 Å². The predicted octanol–water partition coefficient (Wildman–Crippen LogP) is 2.40. The number of rotatable bonds is 3. The molecule has 0 amide bonds. The molecule has 0 radical (unpaired) electrons. The average Bonchev–Trinajstić information content (AvgIpc) is 3.13. The summed E-state index contributed by atoms with van der Waals surface area (Å²) in [6.45, 7) is 3.62. The monoisotopic (exact) mass is 294 g/mol. The van der Waals surface area contributed by atoms with Crippen LogP contribution in [-0.4, -0.2) is 36.9 Å². The minimum atomic E-state index is 0.269. The predicted molar refractivity (Wildman–Crippen MR) is 77.4 cm³/mol. The fraction of sp³-hybridized carbons (Fsp3) is 0.600. The quantitative estimate of drug-likeness (QED) is 0.928. The van der Waals surface area contributed by atoms with Gasteiger partial charge in [-0.25, -0.2) is 0 Å². The smallest absolute Gasteiger partial charge is 0.231 e. The molecule has 3 aliphatic heterocycles. The van der Waals surface area contributed by atoms with Crippen molar-refractivity contribution < 1.29 is 9.47 Å². The number of fused-ring (bicyclic) bond motifs is 2. The molecule has 108 valence electrons. The van der Waals surface area contributed by atoms with Crippen LogP contribution >= 0.6 is 11.6 Å². The van der Waals surface area contributed by atoms with Crippen LogP contribution in [0.25, 0.3) is 0 Å². The van der Waals surface area contributed by atoms with E-state index in [2.05, 4.69) is 10.2 Å². The molecule has 4 rings (SSSR count). The van der Waals surface area contributed by atoms with E-state index in [4.69, 9.17) is 21.1 Å². The first kappa shape index (κ1) is 12.7. The van der Waals surface area contributed by atoms with E-state index in [1.165, 1.54) is 32.4 Å². The van der Waals surface area contributed by atoms with Gasteiger partial charge in [0.25, 0.3) is 0 Å². The van der Waals surface area contributed by atoms with E-state index in [1.807, 2.05) is 12.1 Å². The van der Waals surface area contributed by atoms with Crippen molar-refractivity contribution in [2.24, 2.45) is 0 Å². The third-order valence-electron chi connectivity index (χ3n) is 4.66. The molecule has 2 saturated heterocycles.